The Hall–Kier alpha value is -2.37. The predicted octanol–water partition coefficient (Wildman–Crippen LogP) is 2.92. The van der Waals surface area contributed by atoms with Gasteiger partial charge in [-0.2, -0.15) is 0 Å². The van der Waals surface area contributed by atoms with Crippen molar-refractivity contribution in [2.75, 3.05) is 26.9 Å². The molecule has 0 aromatic heterocycles. The number of hydrogen-bond donors (Lipinski definition) is 2. The third-order valence-corrected chi connectivity index (χ3v) is 4.56. The van der Waals surface area contributed by atoms with Crippen molar-refractivity contribution in [1.82, 2.24) is 5.32 Å². The maximum atomic E-state index is 12.2. The van der Waals surface area contributed by atoms with Gasteiger partial charge in [-0.3, -0.25) is 0 Å². The zero-order valence-corrected chi connectivity index (χ0v) is 14.5. The number of methoxy groups -OCH3 is 1. The van der Waals surface area contributed by atoms with Gasteiger partial charge in [-0.25, -0.2) is 4.79 Å². The number of hydrogen-bond acceptors (Lipinski definition) is 4. The smallest absolute Gasteiger partial charge is 0.407 e. The number of fused-ring (bicyclic) bond motifs is 3. The van der Waals surface area contributed by atoms with Crippen LogP contribution in [-0.4, -0.2) is 43.7 Å². The second kappa shape index (κ2) is 7.25. The average molecular weight is 341 g/mol. The fourth-order valence-corrected chi connectivity index (χ4v) is 3.32. The van der Waals surface area contributed by atoms with Crippen LogP contribution in [0.2, 0.25) is 0 Å². The van der Waals surface area contributed by atoms with E-state index in [4.69, 9.17) is 9.47 Å². The molecule has 0 bridgehead atoms. The van der Waals surface area contributed by atoms with E-state index in [0.29, 0.717) is 0 Å². The number of carbonyl (C=O) groups is 1. The van der Waals surface area contributed by atoms with Gasteiger partial charge >= 0.3 is 6.09 Å². The Balaban J connectivity index is 1.72. The van der Waals surface area contributed by atoms with E-state index >= 15 is 0 Å². The van der Waals surface area contributed by atoms with Gasteiger partial charge in [-0.05, 0) is 29.2 Å². The normalized spacial score (nSPS) is 15.2. The van der Waals surface area contributed by atoms with Crippen LogP contribution in [0, 0.1) is 0 Å². The summed E-state index contributed by atoms with van der Waals surface area (Å²) in [6.45, 7) is 1.92. The lowest BCUT2D eigenvalue weighted by molar-refractivity contribution is 0.0629. The summed E-state index contributed by atoms with van der Waals surface area (Å²) in [4.78, 5) is 12.2. The van der Waals surface area contributed by atoms with Crippen molar-refractivity contribution >= 4 is 6.09 Å². The molecule has 3 rings (SSSR count). The van der Waals surface area contributed by atoms with E-state index in [1.807, 2.05) is 24.3 Å². The van der Waals surface area contributed by atoms with Crippen LogP contribution in [0.1, 0.15) is 24.0 Å². The van der Waals surface area contributed by atoms with E-state index in [9.17, 15) is 9.90 Å². The van der Waals surface area contributed by atoms with Crippen molar-refractivity contribution in [1.29, 1.82) is 0 Å². The zero-order chi connectivity index (χ0) is 17.9. The minimum Gasteiger partial charge on any atom is -0.449 e. The van der Waals surface area contributed by atoms with Crippen LogP contribution in [0.25, 0.3) is 11.1 Å². The number of carbonyl (C=O) groups excluding carboxylic acids is 1. The molecular weight excluding hydrogens is 318 g/mol. The van der Waals surface area contributed by atoms with Crippen LogP contribution in [-0.2, 0) is 9.47 Å². The largest absolute Gasteiger partial charge is 0.449 e. The van der Waals surface area contributed by atoms with E-state index in [2.05, 4.69) is 29.6 Å². The van der Waals surface area contributed by atoms with Crippen molar-refractivity contribution in [3.05, 3.63) is 59.7 Å². The van der Waals surface area contributed by atoms with Crippen LogP contribution < -0.4 is 5.32 Å². The standard InChI is InChI=1S/C20H23NO4/c1-20(12-22,13-24-2)21-19(23)25-11-18-16-9-5-3-7-14(16)15-8-4-6-10-17(15)18/h3-10,18,22H,11-13H2,1-2H3,(H,21,23). The van der Waals surface area contributed by atoms with Crippen molar-refractivity contribution in [3.63, 3.8) is 0 Å². The summed E-state index contributed by atoms with van der Waals surface area (Å²) in [5.41, 5.74) is 3.84. The molecule has 1 unspecified atom stereocenters. The highest BCUT2D eigenvalue weighted by Gasteiger charge is 2.30. The highest BCUT2D eigenvalue weighted by atomic mass is 16.5. The van der Waals surface area contributed by atoms with Gasteiger partial charge < -0.3 is 19.9 Å². The maximum absolute atomic E-state index is 12.2. The summed E-state index contributed by atoms with van der Waals surface area (Å²) in [6, 6.07) is 16.4. The molecule has 0 heterocycles. The second-order valence-electron chi connectivity index (χ2n) is 6.60. The predicted molar refractivity (Wildman–Crippen MR) is 95.6 cm³/mol. The zero-order valence-electron chi connectivity index (χ0n) is 14.5. The number of benzene rings is 2. The van der Waals surface area contributed by atoms with E-state index in [0.717, 1.165) is 0 Å². The number of nitrogens with one attached hydrogen (secondary N) is 1. The first-order valence-corrected chi connectivity index (χ1v) is 8.31. The van der Waals surface area contributed by atoms with Crippen molar-refractivity contribution in [3.8, 4) is 11.1 Å². The van der Waals surface area contributed by atoms with Crippen LogP contribution in [0.3, 0.4) is 0 Å². The molecule has 1 atom stereocenters. The van der Waals surface area contributed by atoms with Gasteiger partial charge in [0.2, 0.25) is 0 Å². The van der Waals surface area contributed by atoms with Crippen LogP contribution in [0.15, 0.2) is 48.5 Å². The molecule has 2 aromatic rings. The average Bonchev–Trinajstić information content (AvgIpc) is 2.94. The van der Waals surface area contributed by atoms with Crippen molar-refractivity contribution in [2.24, 2.45) is 0 Å². The summed E-state index contributed by atoms with van der Waals surface area (Å²) >= 11 is 0. The van der Waals surface area contributed by atoms with Gasteiger partial charge in [-0.15, -0.1) is 0 Å². The Morgan fingerprint density at radius 1 is 1.12 bits per heavy atom. The third kappa shape index (κ3) is 3.52. The van der Waals surface area contributed by atoms with Gasteiger partial charge in [-0.1, -0.05) is 48.5 Å². The molecule has 2 N–H and O–H groups in total. The SMILES string of the molecule is COCC(C)(CO)NC(=O)OCC1c2ccccc2-c2ccccc21. The van der Waals surface area contributed by atoms with E-state index in [1.54, 1.807) is 6.92 Å². The van der Waals surface area contributed by atoms with Gasteiger partial charge in [0.05, 0.1) is 18.8 Å². The molecule has 0 saturated heterocycles. The fraction of sp³-hybridized carbons (Fsp3) is 0.350. The molecule has 0 spiro atoms. The monoisotopic (exact) mass is 341 g/mol. The first-order valence-electron chi connectivity index (χ1n) is 8.31. The summed E-state index contributed by atoms with van der Waals surface area (Å²) in [7, 11) is 1.52. The van der Waals surface area contributed by atoms with Crippen molar-refractivity contribution in [2.45, 2.75) is 18.4 Å². The number of alkyl carbamates (subject to hydrolysis) is 1. The molecule has 0 saturated carbocycles. The van der Waals surface area contributed by atoms with Gasteiger partial charge in [0, 0.05) is 13.0 Å². The van der Waals surface area contributed by atoms with Crippen LogP contribution >= 0.6 is 0 Å². The summed E-state index contributed by atoms with van der Waals surface area (Å²) in [5.74, 6) is 0.0148. The Kier molecular flexibility index (Phi) is 5.06. The number of aliphatic hydroxyl groups excluding tert-OH is 1. The molecule has 0 radical (unpaired) electrons. The van der Waals surface area contributed by atoms with Crippen LogP contribution in [0.4, 0.5) is 4.79 Å². The summed E-state index contributed by atoms with van der Waals surface area (Å²) in [5, 5.41) is 12.1. The molecule has 1 aliphatic carbocycles. The quantitative estimate of drug-likeness (QED) is 0.848. The number of ether oxygens (including phenoxy) is 2. The molecule has 1 amide bonds. The first kappa shape index (κ1) is 17.5. The lowest BCUT2D eigenvalue weighted by Crippen LogP contribution is -2.52. The van der Waals surface area contributed by atoms with Gasteiger partial charge in [0.25, 0.3) is 0 Å². The highest BCUT2D eigenvalue weighted by molar-refractivity contribution is 5.79. The van der Waals surface area contributed by atoms with E-state index in [1.165, 1.54) is 29.4 Å². The Morgan fingerprint density at radius 3 is 2.20 bits per heavy atom. The molecular formula is C20H23NO4. The molecule has 1 aliphatic rings. The summed E-state index contributed by atoms with van der Waals surface area (Å²) < 4.78 is 10.5. The minimum absolute atomic E-state index is 0.0148. The Bertz CT molecular complexity index is 715. The number of rotatable bonds is 6. The topological polar surface area (TPSA) is 67.8 Å². The van der Waals surface area contributed by atoms with Gasteiger partial charge in [0.1, 0.15) is 6.61 Å². The highest BCUT2D eigenvalue weighted by Crippen LogP contribution is 2.44. The summed E-state index contributed by atoms with van der Waals surface area (Å²) in [6.07, 6.45) is -0.560. The van der Waals surface area contributed by atoms with Crippen LogP contribution in [0.5, 0.6) is 0 Å². The molecule has 2 aromatic carbocycles. The number of aliphatic hydroxyl groups is 1. The van der Waals surface area contributed by atoms with Gasteiger partial charge in [0.15, 0.2) is 0 Å². The lowest BCUT2D eigenvalue weighted by Gasteiger charge is -2.27. The minimum atomic E-state index is -0.864. The third-order valence-electron chi connectivity index (χ3n) is 4.56. The molecule has 5 nitrogen and oxygen atoms in total. The first-order chi connectivity index (χ1) is 12.1. The molecule has 0 fully saturated rings. The molecule has 0 aliphatic heterocycles. The second-order valence-corrected chi connectivity index (χ2v) is 6.60. The maximum Gasteiger partial charge on any atom is 0.407 e. The molecule has 25 heavy (non-hydrogen) atoms. The van der Waals surface area contributed by atoms with E-state index in [-0.39, 0.29) is 25.7 Å². The number of amides is 1. The van der Waals surface area contributed by atoms with E-state index < -0.39 is 11.6 Å². The Labute approximate surface area is 147 Å². The molecule has 5 heteroatoms. The van der Waals surface area contributed by atoms with Crippen molar-refractivity contribution < 1.29 is 19.4 Å². The fourth-order valence-electron chi connectivity index (χ4n) is 3.32. The Morgan fingerprint density at radius 2 is 1.68 bits per heavy atom. The lowest BCUT2D eigenvalue weighted by atomic mass is 9.98. The molecule has 132 valence electrons.